The predicted molar refractivity (Wildman–Crippen MR) is 115 cm³/mol. The highest BCUT2D eigenvalue weighted by atomic mass is 16.5. The van der Waals surface area contributed by atoms with Gasteiger partial charge in [0.15, 0.2) is 0 Å². The third-order valence-corrected chi connectivity index (χ3v) is 3.99. The number of rotatable bonds is 9. The van der Waals surface area contributed by atoms with Gasteiger partial charge >= 0.3 is 6.03 Å². The molecule has 0 atom stereocenters. The summed E-state index contributed by atoms with van der Waals surface area (Å²) in [6.07, 6.45) is 0. The van der Waals surface area contributed by atoms with E-state index in [2.05, 4.69) is 20.9 Å². The highest BCUT2D eigenvalue weighted by Gasteiger charge is 2.08. The predicted octanol–water partition coefficient (Wildman–Crippen LogP) is 3.09. The molecular formula is C22H30N4O3. The van der Waals surface area contributed by atoms with E-state index in [0.29, 0.717) is 24.4 Å². The van der Waals surface area contributed by atoms with Gasteiger partial charge in [0.1, 0.15) is 12.4 Å². The van der Waals surface area contributed by atoms with E-state index < -0.39 is 0 Å². The Hall–Kier alpha value is -3.06. The maximum absolute atomic E-state index is 12.4. The summed E-state index contributed by atoms with van der Waals surface area (Å²) in [7, 11) is 4.00. The molecule has 0 fully saturated rings. The summed E-state index contributed by atoms with van der Waals surface area (Å²) in [6, 6.07) is 14.2. The molecule has 0 aliphatic carbocycles. The second kappa shape index (κ2) is 11.1. The van der Waals surface area contributed by atoms with Gasteiger partial charge in [-0.1, -0.05) is 18.2 Å². The van der Waals surface area contributed by atoms with Gasteiger partial charge in [0, 0.05) is 30.4 Å². The summed E-state index contributed by atoms with van der Waals surface area (Å²) < 4.78 is 5.67. The number of benzene rings is 2. The SMILES string of the molecule is CC(C)NC(=O)Nc1cccc(C(=O)NCc2ccc(OCCN(C)C)cc2)c1. The van der Waals surface area contributed by atoms with Crippen LogP contribution in [-0.4, -0.2) is 50.1 Å². The fourth-order valence-corrected chi connectivity index (χ4v) is 2.50. The first-order valence-corrected chi connectivity index (χ1v) is 9.65. The lowest BCUT2D eigenvalue weighted by Gasteiger charge is -2.12. The molecule has 3 amide bonds. The number of hydrogen-bond acceptors (Lipinski definition) is 4. The lowest BCUT2D eigenvalue weighted by atomic mass is 10.1. The molecule has 0 radical (unpaired) electrons. The van der Waals surface area contributed by atoms with Crippen LogP contribution in [0.3, 0.4) is 0 Å². The van der Waals surface area contributed by atoms with Crippen LogP contribution in [0.25, 0.3) is 0 Å². The number of nitrogens with one attached hydrogen (secondary N) is 3. The summed E-state index contributed by atoms with van der Waals surface area (Å²) >= 11 is 0. The van der Waals surface area contributed by atoms with E-state index in [1.165, 1.54) is 0 Å². The molecule has 7 heteroatoms. The molecule has 0 saturated heterocycles. The monoisotopic (exact) mass is 398 g/mol. The molecule has 7 nitrogen and oxygen atoms in total. The van der Waals surface area contributed by atoms with Crippen molar-refractivity contribution < 1.29 is 14.3 Å². The van der Waals surface area contributed by atoms with E-state index in [1.54, 1.807) is 24.3 Å². The Morgan fingerprint density at radius 2 is 1.79 bits per heavy atom. The van der Waals surface area contributed by atoms with Crippen molar-refractivity contribution in [3.8, 4) is 5.75 Å². The minimum Gasteiger partial charge on any atom is -0.492 e. The van der Waals surface area contributed by atoms with Gasteiger partial charge in [-0.25, -0.2) is 4.79 Å². The second-order valence-corrected chi connectivity index (χ2v) is 7.31. The molecule has 0 aliphatic heterocycles. The van der Waals surface area contributed by atoms with Crippen molar-refractivity contribution >= 4 is 17.6 Å². The molecule has 156 valence electrons. The molecule has 3 N–H and O–H groups in total. The smallest absolute Gasteiger partial charge is 0.319 e. The van der Waals surface area contributed by atoms with Crippen molar-refractivity contribution in [3.05, 3.63) is 59.7 Å². The molecule has 2 aromatic rings. The Balaban J connectivity index is 1.85. The molecular weight excluding hydrogens is 368 g/mol. The van der Waals surface area contributed by atoms with Crippen molar-refractivity contribution in [1.29, 1.82) is 0 Å². The number of nitrogens with zero attached hydrogens (tertiary/aromatic N) is 1. The molecule has 0 spiro atoms. The minimum absolute atomic E-state index is 0.0336. The molecule has 0 heterocycles. The van der Waals surface area contributed by atoms with Crippen LogP contribution in [-0.2, 0) is 6.54 Å². The van der Waals surface area contributed by atoms with Crippen LogP contribution >= 0.6 is 0 Å². The zero-order valence-electron chi connectivity index (χ0n) is 17.5. The van der Waals surface area contributed by atoms with Gasteiger partial charge in [0.25, 0.3) is 5.91 Å². The van der Waals surface area contributed by atoms with Gasteiger partial charge in [-0.15, -0.1) is 0 Å². The number of anilines is 1. The van der Waals surface area contributed by atoms with Crippen molar-refractivity contribution in [1.82, 2.24) is 15.5 Å². The minimum atomic E-state index is -0.301. The van der Waals surface area contributed by atoms with E-state index in [1.807, 2.05) is 52.2 Å². The molecule has 2 aromatic carbocycles. The van der Waals surface area contributed by atoms with Crippen LogP contribution in [0, 0.1) is 0 Å². The summed E-state index contributed by atoms with van der Waals surface area (Å²) in [5.41, 5.74) is 2.02. The van der Waals surface area contributed by atoms with E-state index in [0.717, 1.165) is 17.9 Å². The molecule has 2 rings (SSSR count). The van der Waals surface area contributed by atoms with Gasteiger partial charge in [-0.05, 0) is 63.8 Å². The van der Waals surface area contributed by atoms with Gasteiger partial charge in [0.2, 0.25) is 0 Å². The second-order valence-electron chi connectivity index (χ2n) is 7.31. The first-order valence-electron chi connectivity index (χ1n) is 9.65. The van der Waals surface area contributed by atoms with Crippen LogP contribution in [0.5, 0.6) is 5.75 Å². The molecule has 29 heavy (non-hydrogen) atoms. The Morgan fingerprint density at radius 1 is 1.07 bits per heavy atom. The summed E-state index contributed by atoms with van der Waals surface area (Å²) in [5.74, 6) is 0.601. The molecule has 0 aliphatic rings. The molecule has 0 unspecified atom stereocenters. The maximum Gasteiger partial charge on any atom is 0.319 e. The Labute approximate surface area is 172 Å². The number of amides is 3. The number of urea groups is 1. The van der Waals surface area contributed by atoms with Crippen LogP contribution in [0.2, 0.25) is 0 Å². The maximum atomic E-state index is 12.4. The summed E-state index contributed by atoms with van der Waals surface area (Å²) in [6.45, 7) is 5.65. The average molecular weight is 399 g/mol. The van der Waals surface area contributed by atoms with Crippen molar-refractivity contribution in [3.63, 3.8) is 0 Å². The van der Waals surface area contributed by atoms with Gasteiger partial charge in [-0.2, -0.15) is 0 Å². The first-order chi connectivity index (χ1) is 13.8. The van der Waals surface area contributed by atoms with Crippen LogP contribution in [0.15, 0.2) is 48.5 Å². The van der Waals surface area contributed by atoms with Crippen LogP contribution in [0.1, 0.15) is 29.8 Å². The van der Waals surface area contributed by atoms with E-state index in [-0.39, 0.29) is 18.0 Å². The lowest BCUT2D eigenvalue weighted by Crippen LogP contribution is -2.34. The number of carbonyl (C=O) groups is 2. The standard InChI is InChI=1S/C22H30N4O3/c1-16(2)24-22(28)25-19-7-5-6-18(14-19)21(27)23-15-17-8-10-20(11-9-17)29-13-12-26(3)4/h5-11,14,16H,12-13,15H2,1-4H3,(H,23,27)(H2,24,25,28). The Kier molecular flexibility index (Phi) is 8.48. The fraction of sp³-hybridized carbons (Fsp3) is 0.364. The van der Waals surface area contributed by atoms with Crippen molar-refractivity contribution in [2.75, 3.05) is 32.6 Å². The average Bonchev–Trinajstić information content (AvgIpc) is 2.66. The summed E-state index contributed by atoms with van der Waals surface area (Å²) in [4.78, 5) is 26.3. The molecule has 0 aromatic heterocycles. The first kappa shape index (κ1) is 22.2. The zero-order valence-corrected chi connectivity index (χ0v) is 17.5. The molecule has 0 bridgehead atoms. The number of ether oxygens (including phenoxy) is 1. The zero-order chi connectivity index (χ0) is 21.2. The van der Waals surface area contributed by atoms with Gasteiger partial charge in [0.05, 0.1) is 0 Å². The third kappa shape index (κ3) is 8.23. The van der Waals surface area contributed by atoms with E-state index >= 15 is 0 Å². The lowest BCUT2D eigenvalue weighted by molar-refractivity contribution is 0.0951. The number of hydrogen-bond donors (Lipinski definition) is 3. The van der Waals surface area contributed by atoms with Gasteiger partial charge < -0.3 is 25.6 Å². The largest absolute Gasteiger partial charge is 0.492 e. The van der Waals surface area contributed by atoms with E-state index in [4.69, 9.17) is 4.74 Å². The Bertz CT molecular complexity index is 804. The fourth-order valence-electron chi connectivity index (χ4n) is 2.50. The highest BCUT2D eigenvalue weighted by Crippen LogP contribution is 2.13. The summed E-state index contributed by atoms with van der Waals surface area (Å²) in [5, 5.41) is 8.36. The van der Waals surface area contributed by atoms with Crippen molar-refractivity contribution in [2.45, 2.75) is 26.4 Å². The normalized spacial score (nSPS) is 10.7. The quantitative estimate of drug-likeness (QED) is 0.606. The van der Waals surface area contributed by atoms with Gasteiger partial charge in [-0.3, -0.25) is 4.79 Å². The topological polar surface area (TPSA) is 82.7 Å². The third-order valence-electron chi connectivity index (χ3n) is 3.99. The van der Waals surface area contributed by atoms with Crippen LogP contribution in [0.4, 0.5) is 10.5 Å². The van der Waals surface area contributed by atoms with Crippen molar-refractivity contribution in [2.24, 2.45) is 0 Å². The molecule has 0 saturated carbocycles. The van der Waals surface area contributed by atoms with Crippen LogP contribution < -0.4 is 20.7 Å². The number of carbonyl (C=O) groups excluding carboxylic acids is 2. The highest BCUT2D eigenvalue weighted by molar-refractivity contribution is 5.96. The Morgan fingerprint density at radius 3 is 2.45 bits per heavy atom. The number of likely N-dealkylation sites (N-methyl/N-ethyl adjacent to an activating group) is 1. The van der Waals surface area contributed by atoms with E-state index in [9.17, 15) is 9.59 Å².